The SMILES string of the molecule is CCOc1ccc(SCC(=O)NCC(C)(C)CCO)cc1. The van der Waals surface area contributed by atoms with Crippen LogP contribution in [-0.2, 0) is 4.79 Å². The van der Waals surface area contributed by atoms with E-state index >= 15 is 0 Å². The van der Waals surface area contributed by atoms with Crippen LogP contribution in [-0.4, -0.2) is 36.5 Å². The number of amides is 1. The number of hydrogen-bond donors (Lipinski definition) is 2. The Hall–Kier alpha value is -1.20. The first-order chi connectivity index (χ1) is 9.96. The van der Waals surface area contributed by atoms with Gasteiger partial charge in [-0.3, -0.25) is 4.79 Å². The molecule has 5 heteroatoms. The maximum Gasteiger partial charge on any atom is 0.230 e. The van der Waals surface area contributed by atoms with Gasteiger partial charge in [0.15, 0.2) is 0 Å². The Balaban J connectivity index is 2.32. The summed E-state index contributed by atoms with van der Waals surface area (Å²) in [7, 11) is 0. The summed E-state index contributed by atoms with van der Waals surface area (Å²) in [5, 5.41) is 11.9. The van der Waals surface area contributed by atoms with E-state index in [2.05, 4.69) is 5.32 Å². The first-order valence-electron chi connectivity index (χ1n) is 7.20. The lowest BCUT2D eigenvalue weighted by Gasteiger charge is -2.23. The fraction of sp³-hybridized carbons (Fsp3) is 0.562. The smallest absolute Gasteiger partial charge is 0.230 e. The average Bonchev–Trinajstić information content (AvgIpc) is 2.45. The summed E-state index contributed by atoms with van der Waals surface area (Å²) in [4.78, 5) is 12.9. The van der Waals surface area contributed by atoms with E-state index in [0.717, 1.165) is 10.6 Å². The minimum atomic E-state index is -0.0752. The van der Waals surface area contributed by atoms with Crippen LogP contribution in [0, 0.1) is 5.41 Å². The summed E-state index contributed by atoms with van der Waals surface area (Å²) < 4.78 is 5.38. The van der Waals surface area contributed by atoms with E-state index in [0.29, 0.717) is 25.3 Å². The standard InChI is InChI=1S/C16H25NO3S/c1-4-20-13-5-7-14(8-6-13)21-11-15(19)17-12-16(2,3)9-10-18/h5-8,18H,4,9-12H2,1-3H3,(H,17,19). The average molecular weight is 311 g/mol. The number of thioether (sulfide) groups is 1. The van der Waals surface area contributed by atoms with E-state index < -0.39 is 0 Å². The Morgan fingerprint density at radius 2 is 2.00 bits per heavy atom. The molecule has 0 atom stereocenters. The van der Waals surface area contributed by atoms with Gasteiger partial charge in [0, 0.05) is 18.0 Å². The molecule has 2 N–H and O–H groups in total. The van der Waals surface area contributed by atoms with Gasteiger partial charge >= 0.3 is 0 Å². The molecule has 21 heavy (non-hydrogen) atoms. The molecule has 118 valence electrons. The Labute approximate surface area is 131 Å². The molecule has 0 fully saturated rings. The fourth-order valence-electron chi connectivity index (χ4n) is 1.73. The molecule has 0 saturated heterocycles. The van der Waals surface area contributed by atoms with Gasteiger partial charge in [-0.2, -0.15) is 0 Å². The van der Waals surface area contributed by atoms with Crippen molar-refractivity contribution in [3.8, 4) is 5.75 Å². The van der Waals surface area contributed by atoms with Crippen LogP contribution in [0.3, 0.4) is 0 Å². The third-order valence-electron chi connectivity index (χ3n) is 3.06. The minimum absolute atomic E-state index is 0.0138. The molecule has 0 bridgehead atoms. The molecule has 1 amide bonds. The first kappa shape index (κ1) is 17.9. The maximum atomic E-state index is 11.8. The van der Waals surface area contributed by atoms with Crippen molar-refractivity contribution in [1.82, 2.24) is 5.32 Å². The number of hydrogen-bond acceptors (Lipinski definition) is 4. The van der Waals surface area contributed by atoms with E-state index in [9.17, 15) is 4.79 Å². The zero-order chi connectivity index (χ0) is 15.7. The zero-order valence-corrected chi connectivity index (χ0v) is 13.8. The number of nitrogens with one attached hydrogen (secondary N) is 1. The number of benzene rings is 1. The van der Waals surface area contributed by atoms with Crippen LogP contribution < -0.4 is 10.1 Å². The van der Waals surface area contributed by atoms with Gasteiger partial charge in [0.25, 0.3) is 0 Å². The van der Waals surface area contributed by atoms with Gasteiger partial charge in [0.1, 0.15) is 5.75 Å². The van der Waals surface area contributed by atoms with Crippen LogP contribution in [0.1, 0.15) is 27.2 Å². The third kappa shape index (κ3) is 7.39. The van der Waals surface area contributed by atoms with Crippen LogP contribution in [0.25, 0.3) is 0 Å². The Morgan fingerprint density at radius 3 is 2.57 bits per heavy atom. The second-order valence-electron chi connectivity index (χ2n) is 5.61. The van der Waals surface area contributed by atoms with E-state index in [-0.39, 0.29) is 17.9 Å². The predicted molar refractivity (Wildman–Crippen MR) is 86.8 cm³/mol. The van der Waals surface area contributed by atoms with E-state index in [1.807, 2.05) is 45.0 Å². The predicted octanol–water partition coefficient (Wildman–Crippen LogP) is 2.70. The van der Waals surface area contributed by atoms with E-state index in [4.69, 9.17) is 9.84 Å². The van der Waals surface area contributed by atoms with Gasteiger partial charge < -0.3 is 15.2 Å². The topological polar surface area (TPSA) is 58.6 Å². The van der Waals surface area contributed by atoms with Crippen molar-refractivity contribution in [2.75, 3.05) is 25.5 Å². The highest BCUT2D eigenvalue weighted by Gasteiger charge is 2.17. The number of rotatable bonds is 9. The maximum absolute atomic E-state index is 11.8. The van der Waals surface area contributed by atoms with Crippen LogP contribution in [0.4, 0.5) is 0 Å². The molecule has 0 saturated carbocycles. The van der Waals surface area contributed by atoms with Crippen molar-refractivity contribution in [1.29, 1.82) is 0 Å². The Kier molecular flexibility index (Phi) is 7.61. The van der Waals surface area contributed by atoms with Gasteiger partial charge in [-0.05, 0) is 43.0 Å². The van der Waals surface area contributed by atoms with E-state index in [1.165, 1.54) is 11.8 Å². The normalized spacial score (nSPS) is 11.2. The van der Waals surface area contributed by atoms with Crippen molar-refractivity contribution in [3.05, 3.63) is 24.3 Å². The third-order valence-corrected chi connectivity index (χ3v) is 4.07. The Morgan fingerprint density at radius 1 is 1.33 bits per heavy atom. The molecule has 1 aromatic rings. The molecule has 0 heterocycles. The largest absolute Gasteiger partial charge is 0.494 e. The summed E-state index contributed by atoms with van der Waals surface area (Å²) in [6.07, 6.45) is 0.680. The molecular formula is C16H25NO3S. The molecule has 0 unspecified atom stereocenters. The van der Waals surface area contributed by atoms with Crippen molar-refractivity contribution in [2.45, 2.75) is 32.1 Å². The van der Waals surface area contributed by atoms with Gasteiger partial charge in [0.05, 0.1) is 12.4 Å². The molecule has 1 aromatic carbocycles. The van der Waals surface area contributed by atoms with Gasteiger partial charge in [-0.1, -0.05) is 13.8 Å². The minimum Gasteiger partial charge on any atom is -0.494 e. The van der Waals surface area contributed by atoms with Gasteiger partial charge in [-0.25, -0.2) is 0 Å². The summed E-state index contributed by atoms with van der Waals surface area (Å²) in [6.45, 7) is 7.38. The first-order valence-corrected chi connectivity index (χ1v) is 8.18. The highest BCUT2D eigenvalue weighted by Crippen LogP contribution is 2.22. The van der Waals surface area contributed by atoms with Crippen LogP contribution in [0.15, 0.2) is 29.2 Å². The summed E-state index contributed by atoms with van der Waals surface area (Å²) in [5.74, 6) is 1.25. The Bertz CT molecular complexity index is 432. The van der Waals surface area contributed by atoms with Crippen molar-refractivity contribution in [2.24, 2.45) is 5.41 Å². The molecule has 0 spiro atoms. The highest BCUT2D eigenvalue weighted by molar-refractivity contribution is 8.00. The molecule has 1 rings (SSSR count). The molecular weight excluding hydrogens is 286 g/mol. The van der Waals surface area contributed by atoms with Crippen molar-refractivity contribution in [3.63, 3.8) is 0 Å². The summed E-state index contributed by atoms with van der Waals surface area (Å²) in [5.41, 5.74) is -0.0752. The molecule has 0 aromatic heterocycles. The lowest BCUT2D eigenvalue weighted by atomic mass is 9.90. The fourth-order valence-corrected chi connectivity index (χ4v) is 2.46. The van der Waals surface area contributed by atoms with Gasteiger partial charge in [0.2, 0.25) is 5.91 Å². The summed E-state index contributed by atoms with van der Waals surface area (Å²) in [6, 6.07) is 7.74. The van der Waals surface area contributed by atoms with Crippen LogP contribution in [0.2, 0.25) is 0 Å². The molecule has 0 aliphatic rings. The lowest BCUT2D eigenvalue weighted by molar-refractivity contribution is -0.119. The molecule has 4 nitrogen and oxygen atoms in total. The number of carbonyl (C=O) groups excluding carboxylic acids is 1. The number of ether oxygens (including phenoxy) is 1. The number of carbonyl (C=O) groups is 1. The zero-order valence-electron chi connectivity index (χ0n) is 13.0. The molecule has 0 radical (unpaired) electrons. The number of aliphatic hydroxyl groups is 1. The summed E-state index contributed by atoms with van der Waals surface area (Å²) >= 11 is 1.50. The monoisotopic (exact) mass is 311 g/mol. The molecule has 0 aliphatic carbocycles. The van der Waals surface area contributed by atoms with Crippen LogP contribution in [0.5, 0.6) is 5.75 Å². The van der Waals surface area contributed by atoms with Gasteiger partial charge in [-0.15, -0.1) is 11.8 Å². The second kappa shape index (κ2) is 8.95. The van der Waals surface area contributed by atoms with Crippen molar-refractivity contribution < 1.29 is 14.6 Å². The van der Waals surface area contributed by atoms with E-state index in [1.54, 1.807) is 0 Å². The van der Waals surface area contributed by atoms with Crippen molar-refractivity contribution >= 4 is 17.7 Å². The quantitative estimate of drug-likeness (QED) is 0.689. The number of aliphatic hydroxyl groups excluding tert-OH is 1. The molecule has 0 aliphatic heterocycles. The second-order valence-corrected chi connectivity index (χ2v) is 6.66. The van der Waals surface area contributed by atoms with Crippen LogP contribution >= 0.6 is 11.8 Å². The highest BCUT2D eigenvalue weighted by atomic mass is 32.2. The lowest BCUT2D eigenvalue weighted by Crippen LogP contribution is -2.35.